The molecule has 0 radical (unpaired) electrons. The highest BCUT2D eigenvalue weighted by atomic mass is 19.3. The zero-order valence-corrected chi connectivity index (χ0v) is 11.3. The molecule has 1 aliphatic carbocycles. The molecule has 2 rings (SSSR count). The van der Waals surface area contributed by atoms with E-state index in [0.717, 1.165) is 5.56 Å². The first kappa shape index (κ1) is 13.9. The lowest BCUT2D eigenvalue weighted by molar-refractivity contribution is -0.145. The molecule has 5 heteroatoms. The monoisotopic (exact) mass is 268 g/mol. The van der Waals surface area contributed by atoms with Gasteiger partial charge in [-0.25, -0.2) is 13.8 Å². The summed E-state index contributed by atoms with van der Waals surface area (Å²) in [5, 5.41) is 2.58. The smallest absolute Gasteiger partial charge is 0.249 e. The van der Waals surface area contributed by atoms with Gasteiger partial charge in [-0.1, -0.05) is 26.8 Å². The first-order chi connectivity index (χ1) is 8.67. The van der Waals surface area contributed by atoms with Crippen molar-refractivity contribution in [3.05, 3.63) is 23.9 Å². The fraction of sp³-hybridized carbons (Fsp3) is 0.571. The molecule has 0 aliphatic heterocycles. The van der Waals surface area contributed by atoms with Crippen LogP contribution in [0.25, 0.3) is 0 Å². The van der Waals surface area contributed by atoms with Gasteiger partial charge in [-0.3, -0.25) is 4.79 Å². The van der Waals surface area contributed by atoms with Crippen LogP contribution >= 0.6 is 0 Å². The molecule has 1 aliphatic rings. The highest BCUT2D eigenvalue weighted by Gasteiger charge is 2.48. The highest BCUT2D eigenvalue weighted by molar-refractivity contribution is 5.92. The molecule has 1 amide bonds. The molecular formula is C14H18F2N2O. The van der Waals surface area contributed by atoms with Crippen LogP contribution < -0.4 is 5.32 Å². The van der Waals surface area contributed by atoms with Crippen LogP contribution in [0.2, 0.25) is 0 Å². The fourth-order valence-electron chi connectivity index (χ4n) is 1.99. The van der Waals surface area contributed by atoms with Crippen LogP contribution in [0.4, 0.5) is 14.6 Å². The molecule has 1 N–H and O–H groups in total. The maximum absolute atomic E-state index is 12.7. The van der Waals surface area contributed by atoms with E-state index in [1.807, 2.05) is 6.07 Å². The molecule has 1 aromatic rings. The van der Waals surface area contributed by atoms with E-state index in [0.29, 0.717) is 5.82 Å². The van der Waals surface area contributed by atoms with E-state index in [4.69, 9.17) is 0 Å². The number of carbonyl (C=O) groups excluding carboxylic acids is 1. The van der Waals surface area contributed by atoms with Gasteiger partial charge in [0.2, 0.25) is 11.8 Å². The van der Waals surface area contributed by atoms with Crippen LogP contribution in [0.3, 0.4) is 0 Å². The van der Waals surface area contributed by atoms with Crippen LogP contribution in [0.5, 0.6) is 0 Å². The van der Waals surface area contributed by atoms with Crippen molar-refractivity contribution in [3.8, 4) is 0 Å². The summed E-state index contributed by atoms with van der Waals surface area (Å²) in [4.78, 5) is 15.8. The lowest BCUT2D eigenvalue weighted by Gasteiger charge is -2.33. The quantitative estimate of drug-likeness (QED) is 0.893. The molecule has 3 nitrogen and oxygen atoms in total. The minimum atomic E-state index is -2.68. The average Bonchev–Trinajstić information content (AvgIpc) is 2.25. The molecule has 0 unspecified atom stereocenters. The Morgan fingerprint density at radius 1 is 1.37 bits per heavy atom. The number of rotatable bonds is 2. The third-order valence-corrected chi connectivity index (χ3v) is 3.34. The molecular weight excluding hydrogens is 250 g/mol. The summed E-state index contributed by atoms with van der Waals surface area (Å²) >= 11 is 0. The number of nitrogens with zero attached hydrogens (tertiary/aromatic N) is 1. The van der Waals surface area contributed by atoms with Crippen molar-refractivity contribution in [1.82, 2.24) is 4.98 Å². The van der Waals surface area contributed by atoms with Crippen molar-refractivity contribution in [2.24, 2.45) is 5.92 Å². The molecule has 1 saturated carbocycles. The zero-order valence-electron chi connectivity index (χ0n) is 11.3. The summed E-state index contributed by atoms with van der Waals surface area (Å²) in [6.07, 6.45) is 0.975. The highest BCUT2D eigenvalue weighted by Crippen LogP contribution is 2.42. The van der Waals surface area contributed by atoms with Crippen molar-refractivity contribution in [2.45, 2.75) is 45.0 Å². The van der Waals surface area contributed by atoms with Crippen molar-refractivity contribution < 1.29 is 13.6 Å². The van der Waals surface area contributed by atoms with E-state index >= 15 is 0 Å². The molecule has 0 saturated heterocycles. The van der Waals surface area contributed by atoms with E-state index in [1.54, 1.807) is 12.3 Å². The second kappa shape index (κ2) is 4.54. The number of halogens is 2. The van der Waals surface area contributed by atoms with Gasteiger partial charge in [0.1, 0.15) is 5.82 Å². The summed E-state index contributed by atoms with van der Waals surface area (Å²) in [7, 11) is 0. The Hall–Kier alpha value is -1.52. The predicted octanol–water partition coefficient (Wildman–Crippen LogP) is 3.36. The number of aromatic nitrogens is 1. The molecule has 0 bridgehead atoms. The number of anilines is 1. The van der Waals surface area contributed by atoms with Gasteiger partial charge in [-0.2, -0.15) is 0 Å². The average molecular weight is 268 g/mol. The first-order valence-electron chi connectivity index (χ1n) is 6.33. The van der Waals surface area contributed by atoms with Gasteiger partial charge in [-0.15, -0.1) is 0 Å². The van der Waals surface area contributed by atoms with Crippen molar-refractivity contribution >= 4 is 11.7 Å². The number of alkyl halides is 2. The Morgan fingerprint density at radius 2 is 2.00 bits per heavy atom. The Bertz CT molecular complexity index is 469. The van der Waals surface area contributed by atoms with Crippen LogP contribution in [-0.4, -0.2) is 16.8 Å². The summed E-state index contributed by atoms with van der Waals surface area (Å²) in [6, 6.07) is 3.59. The number of carbonyl (C=O) groups is 1. The molecule has 19 heavy (non-hydrogen) atoms. The number of hydrogen-bond acceptors (Lipinski definition) is 2. The summed E-state index contributed by atoms with van der Waals surface area (Å²) in [5.41, 5.74) is 1.05. The van der Waals surface area contributed by atoms with Crippen LogP contribution in [0, 0.1) is 5.92 Å². The van der Waals surface area contributed by atoms with Crippen LogP contribution in [0.1, 0.15) is 39.2 Å². The molecule has 104 valence electrons. The summed E-state index contributed by atoms with van der Waals surface area (Å²) in [5.74, 6) is -3.24. The Balaban J connectivity index is 1.95. The van der Waals surface area contributed by atoms with Crippen LogP contribution in [-0.2, 0) is 10.2 Å². The Morgan fingerprint density at radius 3 is 2.42 bits per heavy atom. The van der Waals surface area contributed by atoms with Crippen molar-refractivity contribution in [3.63, 3.8) is 0 Å². The molecule has 1 fully saturated rings. The van der Waals surface area contributed by atoms with E-state index in [9.17, 15) is 13.6 Å². The minimum absolute atomic E-state index is 0.00836. The normalized spacial score (nSPS) is 18.8. The lowest BCUT2D eigenvalue weighted by atomic mass is 9.81. The molecule has 1 aromatic heterocycles. The van der Waals surface area contributed by atoms with Gasteiger partial charge in [0.25, 0.3) is 0 Å². The van der Waals surface area contributed by atoms with E-state index < -0.39 is 11.8 Å². The number of hydrogen-bond donors (Lipinski definition) is 1. The third-order valence-electron chi connectivity index (χ3n) is 3.34. The Labute approximate surface area is 111 Å². The number of pyridine rings is 1. The van der Waals surface area contributed by atoms with Crippen molar-refractivity contribution in [2.75, 3.05) is 5.32 Å². The Kier molecular flexibility index (Phi) is 3.32. The van der Waals surface area contributed by atoms with Gasteiger partial charge in [0.15, 0.2) is 0 Å². The maximum Gasteiger partial charge on any atom is 0.249 e. The van der Waals surface area contributed by atoms with Gasteiger partial charge in [0, 0.05) is 25.0 Å². The van der Waals surface area contributed by atoms with Crippen molar-refractivity contribution in [1.29, 1.82) is 0 Å². The van der Waals surface area contributed by atoms with Gasteiger partial charge in [0.05, 0.1) is 0 Å². The fourth-order valence-corrected chi connectivity index (χ4v) is 1.99. The second-order valence-corrected chi connectivity index (χ2v) is 6.13. The summed E-state index contributed by atoms with van der Waals surface area (Å²) < 4.78 is 25.4. The number of nitrogens with one attached hydrogen (secondary N) is 1. The minimum Gasteiger partial charge on any atom is -0.310 e. The molecule has 1 heterocycles. The van der Waals surface area contributed by atoms with Gasteiger partial charge >= 0.3 is 0 Å². The standard InChI is InChI=1S/C14H18F2N2O/c1-13(2,3)10-4-5-11(17-8-10)18-12(19)9-6-14(15,16)7-9/h4-5,8-9H,6-7H2,1-3H3,(H,17,18,19). The van der Waals surface area contributed by atoms with E-state index in [2.05, 4.69) is 31.1 Å². The maximum atomic E-state index is 12.7. The van der Waals surface area contributed by atoms with Crippen LogP contribution in [0.15, 0.2) is 18.3 Å². The predicted molar refractivity (Wildman–Crippen MR) is 69.2 cm³/mol. The first-order valence-corrected chi connectivity index (χ1v) is 6.33. The molecule has 0 aromatic carbocycles. The molecule has 0 atom stereocenters. The zero-order chi connectivity index (χ0) is 14.3. The van der Waals surface area contributed by atoms with Gasteiger partial charge < -0.3 is 5.32 Å². The van der Waals surface area contributed by atoms with E-state index in [-0.39, 0.29) is 24.2 Å². The topological polar surface area (TPSA) is 42.0 Å². The SMILES string of the molecule is CC(C)(C)c1ccc(NC(=O)C2CC(F)(F)C2)nc1. The number of amides is 1. The lowest BCUT2D eigenvalue weighted by Crippen LogP contribution is -2.42. The largest absolute Gasteiger partial charge is 0.310 e. The second-order valence-electron chi connectivity index (χ2n) is 6.13. The third kappa shape index (κ3) is 3.28. The summed E-state index contributed by atoms with van der Waals surface area (Å²) in [6.45, 7) is 6.20. The van der Waals surface area contributed by atoms with E-state index in [1.165, 1.54) is 0 Å². The molecule has 0 spiro atoms. The van der Waals surface area contributed by atoms with Gasteiger partial charge in [-0.05, 0) is 17.0 Å².